The van der Waals surface area contributed by atoms with Crippen LogP contribution in [-0.4, -0.2) is 19.6 Å². The van der Waals surface area contributed by atoms with E-state index in [9.17, 15) is 0 Å². The maximum atomic E-state index is 5.78. The van der Waals surface area contributed by atoms with Crippen LogP contribution in [0.1, 0.15) is 16.7 Å². The summed E-state index contributed by atoms with van der Waals surface area (Å²) in [7, 11) is 0. The highest BCUT2D eigenvalue weighted by atomic mass is 15.2. The molecular formula is C12H17N3. The van der Waals surface area contributed by atoms with E-state index in [0.29, 0.717) is 6.54 Å². The molecule has 1 aromatic carbocycles. The van der Waals surface area contributed by atoms with Crippen LogP contribution in [0.4, 0.5) is 5.69 Å². The van der Waals surface area contributed by atoms with Crippen molar-refractivity contribution in [3.05, 3.63) is 28.8 Å². The molecule has 2 heterocycles. The van der Waals surface area contributed by atoms with E-state index < -0.39 is 0 Å². The minimum atomic E-state index is 0.671. The van der Waals surface area contributed by atoms with Crippen molar-refractivity contribution in [3.8, 4) is 0 Å². The molecule has 0 fully saturated rings. The summed E-state index contributed by atoms with van der Waals surface area (Å²) in [6, 6.07) is 4.43. The second kappa shape index (κ2) is 3.51. The van der Waals surface area contributed by atoms with E-state index in [2.05, 4.69) is 22.3 Å². The third kappa shape index (κ3) is 1.34. The van der Waals surface area contributed by atoms with Crippen LogP contribution in [0, 0.1) is 0 Å². The molecule has 3 rings (SSSR count). The highest BCUT2D eigenvalue weighted by Crippen LogP contribution is 2.35. The molecule has 0 aromatic heterocycles. The summed E-state index contributed by atoms with van der Waals surface area (Å²) in [5, 5.41) is 3.46. The van der Waals surface area contributed by atoms with E-state index in [0.717, 1.165) is 19.6 Å². The number of hydrogen-bond acceptors (Lipinski definition) is 3. The van der Waals surface area contributed by atoms with Gasteiger partial charge in [0.25, 0.3) is 0 Å². The molecule has 0 aliphatic carbocycles. The minimum Gasteiger partial charge on any atom is -0.369 e. The fourth-order valence-electron chi connectivity index (χ4n) is 2.75. The lowest BCUT2D eigenvalue weighted by molar-refractivity contribution is 0.692. The maximum absolute atomic E-state index is 5.78. The molecule has 3 nitrogen and oxygen atoms in total. The molecule has 15 heavy (non-hydrogen) atoms. The molecule has 0 saturated heterocycles. The van der Waals surface area contributed by atoms with Crippen LogP contribution in [0.3, 0.4) is 0 Å². The van der Waals surface area contributed by atoms with E-state index in [4.69, 9.17) is 5.73 Å². The van der Waals surface area contributed by atoms with Gasteiger partial charge in [0.2, 0.25) is 0 Å². The van der Waals surface area contributed by atoms with Gasteiger partial charge in [-0.15, -0.1) is 0 Å². The third-order valence-corrected chi connectivity index (χ3v) is 3.51. The lowest BCUT2D eigenvalue weighted by Gasteiger charge is -2.19. The second-order valence-corrected chi connectivity index (χ2v) is 4.33. The fourth-order valence-corrected chi connectivity index (χ4v) is 2.75. The summed E-state index contributed by atoms with van der Waals surface area (Å²) in [6.45, 7) is 5.06. The second-order valence-electron chi connectivity index (χ2n) is 4.33. The molecular weight excluding hydrogens is 186 g/mol. The largest absolute Gasteiger partial charge is 0.369 e. The van der Waals surface area contributed by atoms with Crippen LogP contribution in [0.2, 0.25) is 0 Å². The SMILES string of the molecule is NCc1ccc2c3c1CCN3CCNC2. The van der Waals surface area contributed by atoms with Crippen molar-refractivity contribution in [1.82, 2.24) is 5.32 Å². The molecule has 3 N–H and O–H groups in total. The Morgan fingerprint density at radius 2 is 2.27 bits per heavy atom. The standard InChI is InChI=1S/C12H17N3/c13-7-9-1-2-10-8-14-4-6-15-5-3-11(9)12(10)15/h1-2,14H,3-8,13H2. The van der Waals surface area contributed by atoms with Crippen LogP contribution in [0.5, 0.6) is 0 Å². The molecule has 0 spiro atoms. The summed E-state index contributed by atoms with van der Waals surface area (Å²) in [5.74, 6) is 0. The number of rotatable bonds is 1. The average molecular weight is 203 g/mol. The van der Waals surface area contributed by atoms with Crippen molar-refractivity contribution >= 4 is 5.69 Å². The predicted molar refractivity (Wildman–Crippen MR) is 62.0 cm³/mol. The number of hydrogen-bond donors (Lipinski definition) is 2. The van der Waals surface area contributed by atoms with Gasteiger partial charge in [-0.2, -0.15) is 0 Å². The number of anilines is 1. The Kier molecular flexibility index (Phi) is 2.15. The smallest absolute Gasteiger partial charge is 0.0448 e. The van der Waals surface area contributed by atoms with Gasteiger partial charge in [0.05, 0.1) is 0 Å². The van der Waals surface area contributed by atoms with E-state index in [1.165, 1.54) is 35.3 Å². The third-order valence-electron chi connectivity index (χ3n) is 3.51. The number of nitrogens with zero attached hydrogens (tertiary/aromatic N) is 1. The molecule has 80 valence electrons. The van der Waals surface area contributed by atoms with Gasteiger partial charge in [-0.3, -0.25) is 0 Å². The Bertz CT molecular complexity index is 387. The highest BCUT2D eigenvalue weighted by molar-refractivity contribution is 5.66. The molecule has 0 saturated carbocycles. The lowest BCUT2D eigenvalue weighted by Crippen LogP contribution is -2.27. The number of benzene rings is 1. The van der Waals surface area contributed by atoms with Crippen LogP contribution < -0.4 is 16.0 Å². The zero-order valence-electron chi connectivity index (χ0n) is 8.92. The summed E-state index contributed by atoms with van der Waals surface area (Å²) >= 11 is 0. The first-order valence-corrected chi connectivity index (χ1v) is 5.69. The Labute approximate surface area is 90.3 Å². The zero-order chi connectivity index (χ0) is 10.3. The number of nitrogens with two attached hydrogens (primary N) is 1. The zero-order valence-corrected chi connectivity index (χ0v) is 8.92. The van der Waals surface area contributed by atoms with E-state index in [-0.39, 0.29) is 0 Å². The molecule has 0 amide bonds. The van der Waals surface area contributed by atoms with Gasteiger partial charge in [0, 0.05) is 38.4 Å². The van der Waals surface area contributed by atoms with Gasteiger partial charge >= 0.3 is 0 Å². The summed E-state index contributed by atoms with van der Waals surface area (Å²) in [6.07, 6.45) is 1.18. The molecule has 0 unspecified atom stereocenters. The minimum absolute atomic E-state index is 0.671. The Hall–Kier alpha value is -1.06. The van der Waals surface area contributed by atoms with Crippen LogP contribution in [0.25, 0.3) is 0 Å². The summed E-state index contributed by atoms with van der Waals surface area (Å²) < 4.78 is 0. The van der Waals surface area contributed by atoms with E-state index in [1.807, 2.05) is 0 Å². The van der Waals surface area contributed by atoms with Gasteiger partial charge < -0.3 is 16.0 Å². The normalized spacial score (nSPS) is 18.9. The maximum Gasteiger partial charge on any atom is 0.0448 e. The monoisotopic (exact) mass is 203 g/mol. The average Bonchev–Trinajstić information content (AvgIpc) is 2.57. The molecule has 2 aliphatic heterocycles. The molecule has 0 atom stereocenters. The van der Waals surface area contributed by atoms with E-state index >= 15 is 0 Å². The summed E-state index contributed by atoms with van der Waals surface area (Å²) in [5.41, 5.74) is 11.5. The quantitative estimate of drug-likeness (QED) is 0.702. The van der Waals surface area contributed by atoms with Crippen molar-refractivity contribution in [2.45, 2.75) is 19.5 Å². The molecule has 1 aromatic rings. The Morgan fingerprint density at radius 3 is 3.13 bits per heavy atom. The fraction of sp³-hybridized carbons (Fsp3) is 0.500. The van der Waals surface area contributed by atoms with Gasteiger partial charge in [0.1, 0.15) is 0 Å². The van der Waals surface area contributed by atoms with Gasteiger partial charge in [-0.1, -0.05) is 12.1 Å². The van der Waals surface area contributed by atoms with Gasteiger partial charge in [0.15, 0.2) is 0 Å². The van der Waals surface area contributed by atoms with Crippen molar-refractivity contribution < 1.29 is 0 Å². The number of nitrogens with one attached hydrogen (secondary N) is 1. The topological polar surface area (TPSA) is 41.3 Å². The Morgan fingerprint density at radius 1 is 1.33 bits per heavy atom. The molecule has 0 bridgehead atoms. The first kappa shape index (κ1) is 9.19. The molecule has 3 heteroatoms. The van der Waals surface area contributed by atoms with Crippen LogP contribution >= 0.6 is 0 Å². The highest BCUT2D eigenvalue weighted by Gasteiger charge is 2.25. The van der Waals surface area contributed by atoms with Gasteiger partial charge in [-0.25, -0.2) is 0 Å². The van der Waals surface area contributed by atoms with Crippen molar-refractivity contribution in [2.75, 3.05) is 24.5 Å². The van der Waals surface area contributed by atoms with Crippen LogP contribution in [0.15, 0.2) is 12.1 Å². The molecule has 2 aliphatic rings. The summed E-state index contributed by atoms with van der Waals surface area (Å²) in [4.78, 5) is 2.50. The van der Waals surface area contributed by atoms with Crippen molar-refractivity contribution in [3.63, 3.8) is 0 Å². The van der Waals surface area contributed by atoms with Crippen molar-refractivity contribution in [2.24, 2.45) is 5.73 Å². The van der Waals surface area contributed by atoms with Crippen LogP contribution in [-0.2, 0) is 19.5 Å². The Balaban J connectivity index is 2.16. The molecule has 0 radical (unpaired) electrons. The van der Waals surface area contributed by atoms with Gasteiger partial charge in [-0.05, 0) is 23.1 Å². The van der Waals surface area contributed by atoms with E-state index in [1.54, 1.807) is 0 Å². The van der Waals surface area contributed by atoms with Crippen molar-refractivity contribution in [1.29, 1.82) is 0 Å². The first-order chi connectivity index (χ1) is 7.40. The lowest BCUT2D eigenvalue weighted by atomic mass is 10.0. The first-order valence-electron chi connectivity index (χ1n) is 5.69. The predicted octanol–water partition coefficient (Wildman–Crippen LogP) is 0.611.